The van der Waals surface area contributed by atoms with Gasteiger partial charge in [-0.25, -0.2) is 0 Å². The van der Waals surface area contributed by atoms with Crippen LogP contribution >= 0.6 is 12.6 Å². The van der Waals surface area contributed by atoms with Gasteiger partial charge in [-0.2, -0.15) is 12.6 Å². The summed E-state index contributed by atoms with van der Waals surface area (Å²) in [4.78, 5) is 0. The molecular formula is C10H21NS. The van der Waals surface area contributed by atoms with Gasteiger partial charge in [0.15, 0.2) is 0 Å². The SMILES string of the molecule is CCCCC1C(NC)C1C(C)S. The molecule has 12 heavy (non-hydrogen) atoms. The number of rotatable bonds is 5. The van der Waals surface area contributed by atoms with Crippen molar-refractivity contribution in [2.24, 2.45) is 11.8 Å². The maximum atomic E-state index is 4.51. The molecular weight excluding hydrogens is 166 g/mol. The van der Waals surface area contributed by atoms with Gasteiger partial charge in [0.25, 0.3) is 0 Å². The Labute approximate surface area is 81.7 Å². The monoisotopic (exact) mass is 187 g/mol. The van der Waals surface area contributed by atoms with E-state index in [9.17, 15) is 0 Å². The van der Waals surface area contributed by atoms with Crippen molar-refractivity contribution >= 4 is 12.6 Å². The molecule has 1 aliphatic rings. The predicted molar refractivity (Wildman–Crippen MR) is 57.8 cm³/mol. The van der Waals surface area contributed by atoms with Crippen molar-refractivity contribution in [3.05, 3.63) is 0 Å². The Morgan fingerprint density at radius 1 is 1.50 bits per heavy atom. The molecule has 0 aliphatic heterocycles. The van der Waals surface area contributed by atoms with Crippen LogP contribution in [0.2, 0.25) is 0 Å². The molecule has 1 saturated carbocycles. The third-order valence-corrected chi connectivity index (χ3v) is 3.36. The molecule has 1 aliphatic carbocycles. The first-order valence-electron chi connectivity index (χ1n) is 5.07. The molecule has 0 aromatic carbocycles. The van der Waals surface area contributed by atoms with E-state index in [1.165, 1.54) is 19.3 Å². The van der Waals surface area contributed by atoms with E-state index >= 15 is 0 Å². The molecule has 0 aromatic heterocycles. The van der Waals surface area contributed by atoms with Crippen LogP contribution in [0, 0.1) is 11.8 Å². The van der Waals surface area contributed by atoms with Crippen molar-refractivity contribution in [1.82, 2.24) is 5.32 Å². The highest BCUT2D eigenvalue weighted by Crippen LogP contribution is 2.46. The zero-order chi connectivity index (χ0) is 9.14. The lowest BCUT2D eigenvalue weighted by molar-refractivity contribution is 0.592. The van der Waals surface area contributed by atoms with Crippen molar-refractivity contribution in [3.8, 4) is 0 Å². The first kappa shape index (κ1) is 10.4. The Hall–Kier alpha value is 0.310. The van der Waals surface area contributed by atoms with E-state index < -0.39 is 0 Å². The topological polar surface area (TPSA) is 12.0 Å². The number of thiol groups is 1. The highest BCUT2D eigenvalue weighted by Gasteiger charge is 2.49. The molecule has 1 rings (SSSR count). The van der Waals surface area contributed by atoms with Crippen molar-refractivity contribution in [2.45, 2.75) is 44.4 Å². The van der Waals surface area contributed by atoms with Crippen molar-refractivity contribution in [1.29, 1.82) is 0 Å². The van der Waals surface area contributed by atoms with Crippen LogP contribution in [0.3, 0.4) is 0 Å². The average molecular weight is 187 g/mol. The van der Waals surface area contributed by atoms with Gasteiger partial charge in [0, 0.05) is 11.3 Å². The Morgan fingerprint density at radius 2 is 2.17 bits per heavy atom. The van der Waals surface area contributed by atoms with Gasteiger partial charge in [-0.15, -0.1) is 0 Å². The summed E-state index contributed by atoms with van der Waals surface area (Å²) in [6, 6.07) is 0.754. The highest BCUT2D eigenvalue weighted by molar-refractivity contribution is 7.80. The fraction of sp³-hybridized carbons (Fsp3) is 1.00. The third kappa shape index (κ3) is 2.17. The van der Waals surface area contributed by atoms with Gasteiger partial charge in [0.1, 0.15) is 0 Å². The van der Waals surface area contributed by atoms with E-state index in [-0.39, 0.29) is 0 Å². The second-order valence-corrected chi connectivity index (χ2v) is 4.75. The van der Waals surface area contributed by atoms with Gasteiger partial charge in [-0.05, 0) is 25.3 Å². The summed E-state index contributed by atoms with van der Waals surface area (Å²) in [5.41, 5.74) is 0. The first-order valence-corrected chi connectivity index (χ1v) is 5.59. The van der Waals surface area contributed by atoms with Crippen LogP contribution in [0.15, 0.2) is 0 Å². The zero-order valence-electron chi connectivity index (χ0n) is 8.38. The standard InChI is InChI=1S/C10H21NS/c1-4-5-6-8-9(7(2)12)10(8)11-3/h7-12H,4-6H2,1-3H3. The van der Waals surface area contributed by atoms with Crippen LogP contribution in [0.5, 0.6) is 0 Å². The number of hydrogen-bond donors (Lipinski definition) is 2. The molecule has 4 atom stereocenters. The van der Waals surface area contributed by atoms with E-state index in [4.69, 9.17) is 0 Å². The molecule has 0 amide bonds. The van der Waals surface area contributed by atoms with Crippen LogP contribution in [-0.2, 0) is 0 Å². The highest BCUT2D eigenvalue weighted by atomic mass is 32.1. The second-order valence-electron chi connectivity index (χ2n) is 3.94. The van der Waals surface area contributed by atoms with E-state index in [0.717, 1.165) is 17.9 Å². The minimum atomic E-state index is 0.560. The summed E-state index contributed by atoms with van der Waals surface area (Å²) in [7, 11) is 2.07. The molecule has 0 spiro atoms. The summed E-state index contributed by atoms with van der Waals surface area (Å²) in [6.45, 7) is 4.47. The lowest BCUT2D eigenvalue weighted by Gasteiger charge is -2.00. The second kappa shape index (κ2) is 4.52. The van der Waals surface area contributed by atoms with E-state index in [0.29, 0.717) is 5.25 Å². The molecule has 0 saturated heterocycles. The molecule has 1 N–H and O–H groups in total. The van der Waals surface area contributed by atoms with Crippen molar-refractivity contribution in [3.63, 3.8) is 0 Å². The summed E-state index contributed by atoms with van der Waals surface area (Å²) in [5, 5.41) is 3.94. The van der Waals surface area contributed by atoms with Crippen molar-refractivity contribution < 1.29 is 0 Å². The van der Waals surface area contributed by atoms with Gasteiger partial charge in [0.2, 0.25) is 0 Å². The quantitative estimate of drug-likeness (QED) is 0.630. The molecule has 2 heteroatoms. The van der Waals surface area contributed by atoms with Crippen LogP contribution in [0.1, 0.15) is 33.1 Å². The number of unbranched alkanes of at least 4 members (excludes halogenated alkanes) is 1. The van der Waals surface area contributed by atoms with Gasteiger partial charge in [-0.1, -0.05) is 26.7 Å². The van der Waals surface area contributed by atoms with E-state index in [1.807, 2.05) is 0 Å². The Morgan fingerprint density at radius 3 is 2.50 bits per heavy atom. The smallest absolute Gasteiger partial charge is 0.0138 e. The molecule has 1 fully saturated rings. The normalized spacial score (nSPS) is 36.5. The minimum absolute atomic E-state index is 0.560. The fourth-order valence-corrected chi connectivity index (χ4v) is 2.68. The summed E-state index contributed by atoms with van der Waals surface area (Å²) < 4.78 is 0. The molecule has 0 radical (unpaired) electrons. The number of nitrogens with one attached hydrogen (secondary N) is 1. The van der Waals surface area contributed by atoms with E-state index in [1.54, 1.807) is 0 Å². The van der Waals surface area contributed by atoms with E-state index in [2.05, 4.69) is 38.8 Å². The summed E-state index contributed by atoms with van der Waals surface area (Å²) in [5.74, 6) is 1.73. The third-order valence-electron chi connectivity index (χ3n) is 3.01. The van der Waals surface area contributed by atoms with Crippen LogP contribution in [0.4, 0.5) is 0 Å². The van der Waals surface area contributed by atoms with Gasteiger partial charge in [-0.3, -0.25) is 0 Å². The fourth-order valence-electron chi connectivity index (χ4n) is 2.28. The van der Waals surface area contributed by atoms with Gasteiger partial charge in [0.05, 0.1) is 0 Å². The number of hydrogen-bond acceptors (Lipinski definition) is 2. The minimum Gasteiger partial charge on any atom is -0.316 e. The lowest BCUT2D eigenvalue weighted by Crippen LogP contribution is -2.14. The summed E-state index contributed by atoms with van der Waals surface area (Å²) in [6.07, 6.45) is 4.08. The average Bonchev–Trinajstić information content (AvgIpc) is 2.74. The van der Waals surface area contributed by atoms with Crippen LogP contribution < -0.4 is 5.32 Å². The van der Waals surface area contributed by atoms with Gasteiger partial charge >= 0.3 is 0 Å². The Kier molecular flexibility index (Phi) is 3.91. The summed E-state index contributed by atoms with van der Waals surface area (Å²) >= 11 is 4.51. The van der Waals surface area contributed by atoms with Crippen molar-refractivity contribution in [2.75, 3.05) is 7.05 Å². The molecule has 72 valence electrons. The Bertz CT molecular complexity index is 136. The Balaban J connectivity index is 2.27. The van der Waals surface area contributed by atoms with Crippen LogP contribution in [-0.4, -0.2) is 18.3 Å². The molecule has 0 aromatic rings. The zero-order valence-corrected chi connectivity index (χ0v) is 9.27. The molecule has 0 heterocycles. The van der Waals surface area contributed by atoms with Gasteiger partial charge < -0.3 is 5.32 Å². The maximum Gasteiger partial charge on any atom is 0.0138 e. The molecule has 0 bridgehead atoms. The lowest BCUT2D eigenvalue weighted by atomic mass is 10.1. The predicted octanol–water partition coefficient (Wildman–Crippen LogP) is 2.33. The molecule has 1 nitrogen and oxygen atoms in total. The van der Waals surface area contributed by atoms with Crippen LogP contribution in [0.25, 0.3) is 0 Å². The maximum absolute atomic E-state index is 4.51. The largest absolute Gasteiger partial charge is 0.316 e. The first-order chi connectivity index (χ1) is 5.72. The molecule has 4 unspecified atom stereocenters.